The van der Waals surface area contributed by atoms with Gasteiger partial charge in [-0.25, -0.2) is 0 Å². The Morgan fingerprint density at radius 1 is 0.551 bits per heavy atom. The van der Waals surface area contributed by atoms with Crippen molar-refractivity contribution >= 4 is 65.2 Å². The van der Waals surface area contributed by atoms with E-state index in [1.165, 1.54) is 33.6 Å². The number of benzene rings is 2. The number of hydrogen-bond donors (Lipinski definition) is 0. The van der Waals surface area contributed by atoms with Crippen LogP contribution in [-0.4, -0.2) is 4.98 Å². The Morgan fingerprint density at radius 2 is 0.857 bits per heavy atom. The van der Waals surface area contributed by atoms with Crippen molar-refractivity contribution < 1.29 is 15.9 Å². The minimum atomic E-state index is -0.106. The number of hydrogen-bond acceptors (Lipinski definition) is 3. The summed E-state index contributed by atoms with van der Waals surface area (Å²) in [5.74, 6) is 1.88. The van der Waals surface area contributed by atoms with Gasteiger partial charge < -0.3 is 9.80 Å². The average Bonchev–Trinajstić information content (AvgIpc) is 3.41. The van der Waals surface area contributed by atoms with Crippen molar-refractivity contribution in [3.05, 3.63) is 105 Å². The van der Waals surface area contributed by atoms with Gasteiger partial charge in [0.1, 0.15) is 10.3 Å². The third-order valence-corrected chi connectivity index (χ3v) is 10.9. The first-order valence-corrected chi connectivity index (χ1v) is 22.9. The maximum absolute atomic E-state index is 7.23. The van der Waals surface area contributed by atoms with Crippen LogP contribution < -0.4 is 9.80 Å². The Bertz CT molecular complexity index is 1260. The van der Waals surface area contributed by atoms with Crippen LogP contribution in [0.3, 0.4) is 0 Å². The number of rotatable bonds is 14. The number of para-hydroxylation sites is 2. The van der Waals surface area contributed by atoms with Crippen molar-refractivity contribution in [2.75, 3.05) is 9.80 Å². The predicted octanol–water partition coefficient (Wildman–Crippen LogP) is 15.5. The Labute approximate surface area is 329 Å². The van der Waals surface area contributed by atoms with Gasteiger partial charge in [0.2, 0.25) is 0 Å². The summed E-state index contributed by atoms with van der Waals surface area (Å²) in [4.78, 5) is 8.15. The molecular weight excluding hydrogens is 806 g/mol. The molecule has 0 aliphatic carbocycles. The standard InChI is InChI=1S/C35H51Cl2N2.C5H4ClN.2ClH.Pd/c1-9-24(10-2)28-19-17-20-29(25(11-3)12-4)32(28)38-23-39(35(37)34(38)36)33-30(26(13-5)14-6)21-18-22-31(33)27(15-7)16-8;6-5-2-1-3-7-4-5;;;/h17-27H,9-16H2,1-8H3;1-4H;2*1H;/q-1;;;;+2/p-2. The monoisotopic (exact) mass is 858 g/mol. The summed E-state index contributed by atoms with van der Waals surface area (Å²) in [7, 11) is 9.63. The molecule has 0 N–H and O–H groups in total. The number of nitrogens with zero attached hydrogens (tertiary/aromatic N) is 3. The molecule has 2 aromatic carbocycles. The van der Waals surface area contributed by atoms with E-state index < -0.39 is 0 Å². The van der Waals surface area contributed by atoms with Crippen LogP contribution in [0.1, 0.15) is 153 Å². The molecule has 0 bridgehead atoms. The van der Waals surface area contributed by atoms with Crippen LogP contribution in [0.25, 0.3) is 0 Å². The molecule has 0 amide bonds. The summed E-state index contributed by atoms with van der Waals surface area (Å²) < 4.78 is 0. The quantitative estimate of drug-likeness (QED) is 0.0914. The van der Waals surface area contributed by atoms with E-state index in [9.17, 15) is 0 Å². The Morgan fingerprint density at radius 3 is 1.06 bits per heavy atom. The molecule has 4 rings (SSSR count). The van der Waals surface area contributed by atoms with E-state index in [4.69, 9.17) is 53.9 Å². The van der Waals surface area contributed by atoms with Crippen LogP contribution in [0.2, 0.25) is 5.02 Å². The first-order valence-electron chi connectivity index (χ1n) is 17.8. The van der Waals surface area contributed by atoms with E-state index in [1.54, 1.807) is 24.5 Å². The fourth-order valence-electron chi connectivity index (χ4n) is 7.02. The molecule has 0 unspecified atom stereocenters. The van der Waals surface area contributed by atoms with Gasteiger partial charge >= 0.3 is 35.0 Å². The first-order chi connectivity index (χ1) is 23.7. The van der Waals surface area contributed by atoms with Crippen molar-refractivity contribution in [1.29, 1.82) is 0 Å². The van der Waals surface area contributed by atoms with E-state index in [2.05, 4.69) is 113 Å². The molecule has 276 valence electrons. The molecule has 2 heterocycles. The van der Waals surface area contributed by atoms with Gasteiger partial charge in [-0.1, -0.05) is 127 Å². The van der Waals surface area contributed by atoms with E-state index in [1.807, 2.05) is 0 Å². The second kappa shape index (κ2) is 23.6. The fraction of sp³-hybridized carbons (Fsp3) is 0.500. The molecule has 0 saturated carbocycles. The molecule has 0 radical (unpaired) electrons. The molecule has 1 aliphatic rings. The third kappa shape index (κ3) is 11.5. The zero-order valence-corrected chi connectivity index (χ0v) is 35.7. The topological polar surface area (TPSA) is 19.4 Å². The van der Waals surface area contributed by atoms with Gasteiger partial charge in [-0.15, -0.1) is 6.67 Å². The molecule has 0 spiro atoms. The van der Waals surface area contributed by atoms with Gasteiger partial charge in [0.05, 0.1) is 5.02 Å². The summed E-state index contributed by atoms with van der Waals surface area (Å²) in [6.07, 6.45) is 12.1. The average molecular weight is 862 g/mol. The van der Waals surface area contributed by atoms with Crippen LogP contribution in [-0.2, 0) is 15.9 Å². The molecule has 49 heavy (non-hydrogen) atoms. The van der Waals surface area contributed by atoms with Gasteiger partial charge in [0.15, 0.2) is 0 Å². The van der Waals surface area contributed by atoms with Gasteiger partial charge in [0, 0.05) is 23.8 Å². The number of aromatic nitrogens is 1. The maximum atomic E-state index is 7.23. The van der Waals surface area contributed by atoms with Crippen molar-refractivity contribution in [3.8, 4) is 0 Å². The van der Waals surface area contributed by atoms with Crippen LogP contribution in [0, 0.1) is 6.67 Å². The summed E-state index contributed by atoms with van der Waals surface area (Å²) in [6, 6.07) is 17.3. The van der Waals surface area contributed by atoms with Gasteiger partial charge in [-0.3, -0.25) is 4.98 Å². The number of anilines is 2. The van der Waals surface area contributed by atoms with Crippen molar-refractivity contribution in [1.82, 2.24) is 4.98 Å². The molecule has 0 fully saturated rings. The summed E-state index contributed by atoms with van der Waals surface area (Å²) >= 11 is 19.8. The summed E-state index contributed by atoms with van der Waals surface area (Å²) in [5, 5.41) is 1.87. The summed E-state index contributed by atoms with van der Waals surface area (Å²) in [5.41, 5.74) is 7.96. The molecule has 3 aromatic rings. The minimum absolute atomic E-state index is 0.106. The zero-order chi connectivity index (χ0) is 36.5. The third-order valence-electron chi connectivity index (χ3n) is 9.83. The molecule has 9 heteroatoms. The Kier molecular flexibility index (Phi) is 21.3. The Hall–Kier alpha value is -0.958. The van der Waals surface area contributed by atoms with Gasteiger partial charge in [0.25, 0.3) is 0 Å². The SMILES string of the molecule is CCC(CC)c1cccc(C(CC)CC)c1N1[CH-]N(c2c(C(CC)CC)cccc2C(CC)CC)C(Cl)=C1Cl.Clc1cccnc1.[Cl][Pd][Cl]. The van der Waals surface area contributed by atoms with Gasteiger partial charge in [-0.2, -0.15) is 0 Å². The van der Waals surface area contributed by atoms with Crippen LogP contribution >= 0.6 is 53.9 Å². The predicted molar refractivity (Wildman–Crippen MR) is 215 cm³/mol. The fourth-order valence-corrected chi connectivity index (χ4v) is 7.58. The van der Waals surface area contributed by atoms with Crippen molar-refractivity contribution in [2.24, 2.45) is 0 Å². The second-order valence-electron chi connectivity index (χ2n) is 12.3. The molecular formula is C40H55Cl5N3Pd-. The van der Waals surface area contributed by atoms with Crippen LogP contribution in [0.15, 0.2) is 71.2 Å². The van der Waals surface area contributed by atoms with E-state index >= 15 is 0 Å². The molecule has 0 atom stereocenters. The van der Waals surface area contributed by atoms with E-state index in [-0.39, 0.29) is 15.9 Å². The number of halogens is 5. The van der Waals surface area contributed by atoms with Crippen LogP contribution in [0.5, 0.6) is 0 Å². The molecule has 1 aromatic heterocycles. The van der Waals surface area contributed by atoms with E-state index in [0.717, 1.165) is 51.4 Å². The first kappa shape index (κ1) is 44.2. The summed E-state index contributed by atoms with van der Waals surface area (Å²) in [6.45, 7) is 20.5. The zero-order valence-electron chi connectivity index (χ0n) is 30.4. The normalized spacial score (nSPS) is 13.1. The van der Waals surface area contributed by atoms with Crippen molar-refractivity contribution in [2.45, 2.75) is 130 Å². The molecule has 0 saturated heterocycles. The van der Waals surface area contributed by atoms with E-state index in [0.29, 0.717) is 39.0 Å². The number of pyridine rings is 1. The second-order valence-corrected chi connectivity index (χ2v) is 15.8. The Balaban J connectivity index is 0.000000718. The van der Waals surface area contributed by atoms with Crippen LogP contribution in [0.4, 0.5) is 11.4 Å². The molecule has 1 aliphatic heterocycles. The van der Waals surface area contributed by atoms with Crippen molar-refractivity contribution in [3.63, 3.8) is 0 Å². The van der Waals surface area contributed by atoms with Gasteiger partial charge in [-0.05, 0) is 109 Å². The molecule has 3 nitrogen and oxygen atoms in total.